The molecule has 2 rings (SSSR count). The van der Waals surface area contributed by atoms with Gasteiger partial charge in [0, 0.05) is 12.8 Å². The third-order valence-electron chi connectivity index (χ3n) is 3.40. The zero-order chi connectivity index (χ0) is 14.7. The lowest BCUT2D eigenvalue weighted by molar-refractivity contribution is -0.135. The van der Waals surface area contributed by atoms with Crippen molar-refractivity contribution >= 4 is 11.9 Å². The molecule has 0 spiro atoms. The van der Waals surface area contributed by atoms with Crippen molar-refractivity contribution in [1.29, 1.82) is 0 Å². The first-order valence-corrected chi connectivity index (χ1v) is 6.77. The molecule has 6 nitrogen and oxygen atoms in total. The van der Waals surface area contributed by atoms with Crippen LogP contribution >= 0.6 is 0 Å². The Morgan fingerprint density at radius 3 is 2.45 bits per heavy atom. The zero-order valence-corrected chi connectivity index (χ0v) is 12.0. The summed E-state index contributed by atoms with van der Waals surface area (Å²) in [6.07, 6.45) is 1.83. The van der Waals surface area contributed by atoms with E-state index in [0.29, 0.717) is 22.8 Å². The first kappa shape index (κ1) is 14.6. The van der Waals surface area contributed by atoms with Gasteiger partial charge in [-0.1, -0.05) is 0 Å². The minimum atomic E-state index is -0.650. The van der Waals surface area contributed by atoms with Gasteiger partial charge in [0.05, 0.1) is 11.4 Å². The molecule has 1 aliphatic heterocycles. The number of aryl methyl sites for hydroxylation is 2. The smallest absolute Gasteiger partial charge is 0.349 e. The molecule has 0 unspecified atom stereocenters. The molecule has 0 atom stereocenters. The molecule has 1 fully saturated rings. The molecule has 1 aromatic heterocycles. The third kappa shape index (κ3) is 3.19. The average Bonchev–Trinajstić information content (AvgIpc) is 2.37. The van der Waals surface area contributed by atoms with Crippen molar-refractivity contribution in [3.05, 3.63) is 22.8 Å². The molecule has 2 heterocycles. The van der Waals surface area contributed by atoms with E-state index in [9.17, 15) is 9.59 Å². The zero-order valence-electron chi connectivity index (χ0n) is 12.0. The molecule has 0 saturated carbocycles. The van der Waals surface area contributed by atoms with Crippen LogP contribution in [0.4, 0.5) is 0 Å². The number of hydrogen-bond acceptors (Lipinski definition) is 6. The molecule has 108 valence electrons. The third-order valence-corrected chi connectivity index (χ3v) is 3.40. The SMILES string of the molecule is CC(=O)OC(=O)c1c(C)nc(C)nc1C1CCNCC1. The van der Waals surface area contributed by atoms with Gasteiger partial charge < -0.3 is 10.1 Å². The monoisotopic (exact) mass is 277 g/mol. The number of nitrogens with one attached hydrogen (secondary N) is 1. The molecule has 1 aromatic rings. The molecule has 1 N–H and O–H groups in total. The first-order valence-electron chi connectivity index (χ1n) is 6.77. The average molecular weight is 277 g/mol. The molecule has 0 aromatic carbocycles. The molecule has 1 saturated heterocycles. The summed E-state index contributed by atoms with van der Waals surface area (Å²) in [4.78, 5) is 31.8. The van der Waals surface area contributed by atoms with Gasteiger partial charge >= 0.3 is 11.9 Å². The van der Waals surface area contributed by atoms with Gasteiger partial charge in [-0.3, -0.25) is 4.79 Å². The minimum absolute atomic E-state index is 0.200. The number of hydrogen-bond donors (Lipinski definition) is 1. The van der Waals surface area contributed by atoms with E-state index < -0.39 is 11.9 Å². The Hall–Kier alpha value is -1.82. The maximum Gasteiger partial charge on any atom is 0.349 e. The van der Waals surface area contributed by atoms with Crippen LogP contribution in [0.1, 0.15) is 53.3 Å². The fourth-order valence-corrected chi connectivity index (χ4v) is 2.56. The number of carbonyl (C=O) groups excluding carboxylic acids is 2. The summed E-state index contributed by atoms with van der Waals surface area (Å²) in [5, 5.41) is 3.28. The van der Waals surface area contributed by atoms with Gasteiger partial charge in [0.25, 0.3) is 0 Å². The van der Waals surface area contributed by atoms with Crippen LogP contribution in [-0.2, 0) is 9.53 Å². The van der Waals surface area contributed by atoms with E-state index in [0.717, 1.165) is 25.9 Å². The predicted molar refractivity (Wildman–Crippen MR) is 72.4 cm³/mol. The predicted octanol–water partition coefficient (Wildman–Crippen LogP) is 1.26. The highest BCUT2D eigenvalue weighted by Gasteiger charge is 2.27. The topological polar surface area (TPSA) is 81.2 Å². The summed E-state index contributed by atoms with van der Waals surface area (Å²) in [6.45, 7) is 6.56. The largest absolute Gasteiger partial charge is 0.390 e. The summed E-state index contributed by atoms with van der Waals surface area (Å²) in [5.74, 6) is -0.434. The second-order valence-corrected chi connectivity index (χ2v) is 5.02. The van der Waals surface area contributed by atoms with Crippen molar-refractivity contribution < 1.29 is 14.3 Å². The molecule has 6 heteroatoms. The molecular weight excluding hydrogens is 258 g/mol. The summed E-state index contributed by atoms with van der Waals surface area (Å²) >= 11 is 0. The van der Waals surface area contributed by atoms with Crippen LogP contribution < -0.4 is 5.32 Å². The van der Waals surface area contributed by atoms with Gasteiger partial charge in [0.2, 0.25) is 0 Å². The lowest BCUT2D eigenvalue weighted by atomic mass is 9.90. The summed E-state index contributed by atoms with van der Waals surface area (Å²) in [6, 6.07) is 0. The lowest BCUT2D eigenvalue weighted by Gasteiger charge is -2.24. The van der Waals surface area contributed by atoms with Gasteiger partial charge in [-0.25, -0.2) is 14.8 Å². The molecular formula is C14H19N3O3. The van der Waals surface area contributed by atoms with Crippen LogP contribution in [-0.4, -0.2) is 35.0 Å². The van der Waals surface area contributed by atoms with Gasteiger partial charge in [-0.05, 0) is 39.8 Å². The number of rotatable bonds is 2. The van der Waals surface area contributed by atoms with E-state index in [4.69, 9.17) is 4.74 Å². The summed E-state index contributed by atoms with van der Waals surface area (Å²) in [5.41, 5.74) is 1.62. The molecule has 20 heavy (non-hydrogen) atoms. The lowest BCUT2D eigenvalue weighted by Crippen LogP contribution is -2.29. The Kier molecular flexibility index (Phi) is 4.44. The maximum atomic E-state index is 12.1. The minimum Gasteiger partial charge on any atom is -0.390 e. The van der Waals surface area contributed by atoms with Crippen LogP contribution in [0, 0.1) is 13.8 Å². The molecule has 0 radical (unpaired) electrons. The first-order chi connectivity index (χ1) is 9.49. The highest BCUT2D eigenvalue weighted by Crippen LogP contribution is 2.28. The standard InChI is InChI=1S/C14H19N3O3/c1-8-12(14(19)20-10(3)18)13(17-9(2)16-8)11-4-6-15-7-5-11/h11,15H,4-7H2,1-3H3. The van der Waals surface area contributed by atoms with Crippen molar-refractivity contribution in [2.24, 2.45) is 0 Å². The maximum absolute atomic E-state index is 12.1. The normalized spacial score (nSPS) is 15.9. The Bertz CT molecular complexity index is 537. The van der Waals surface area contributed by atoms with Gasteiger partial charge in [0.1, 0.15) is 11.4 Å². The van der Waals surface area contributed by atoms with E-state index in [1.165, 1.54) is 6.92 Å². The molecule has 0 amide bonds. The second kappa shape index (κ2) is 6.09. The van der Waals surface area contributed by atoms with E-state index in [1.54, 1.807) is 13.8 Å². The molecule has 0 bridgehead atoms. The van der Waals surface area contributed by atoms with Gasteiger partial charge in [-0.2, -0.15) is 0 Å². The highest BCUT2D eigenvalue weighted by atomic mass is 16.6. The van der Waals surface area contributed by atoms with E-state index in [2.05, 4.69) is 15.3 Å². The number of piperidine rings is 1. The fraction of sp³-hybridized carbons (Fsp3) is 0.571. The van der Waals surface area contributed by atoms with Gasteiger partial charge in [-0.15, -0.1) is 0 Å². The van der Waals surface area contributed by atoms with Crippen LogP contribution in [0.15, 0.2) is 0 Å². The Morgan fingerprint density at radius 1 is 1.20 bits per heavy atom. The number of esters is 2. The van der Waals surface area contributed by atoms with E-state index >= 15 is 0 Å². The van der Waals surface area contributed by atoms with Crippen molar-refractivity contribution in [3.8, 4) is 0 Å². The molecule has 1 aliphatic rings. The van der Waals surface area contributed by atoms with Crippen molar-refractivity contribution in [2.45, 2.75) is 39.5 Å². The van der Waals surface area contributed by atoms with Crippen molar-refractivity contribution in [1.82, 2.24) is 15.3 Å². The summed E-state index contributed by atoms with van der Waals surface area (Å²) in [7, 11) is 0. The Morgan fingerprint density at radius 2 is 1.85 bits per heavy atom. The van der Waals surface area contributed by atoms with Crippen LogP contribution in [0.5, 0.6) is 0 Å². The van der Waals surface area contributed by atoms with Crippen molar-refractivity contribution in [3.63, 3.8) is 0 Å². The number of aromatic nitrogens is 2. The Balaban J connectivity index is 2.42. The highest BCUT2D eigenvalue weighted by molar-refractivity contribution is 5.98. The number of ether oxygens (including phenoxy) is 1. The van der Waals surface area contributed by atoms with Crippen LogP contribution in [0.25, 0.3) is 0 Å². The molecule has 0 aliphatic carbocycles. The van der Waals surface area contributed by atoms with Gasteiger partial charge in [0.15, 0.2) is 0 Å². The summed E-state index contributed by atoms with van der Waals surface area (Å²) < 4.78 is 4.71. The number of nitrogens with zero attached hydrogens (tertiary/aromatic N) is 2. The Labute approximate surface area is 118 Å². The quantitative estimate of drug-likeness (QED) is 0.647. The second-order valence-electron chi connectivity index (χ2n) is 5.02. The fourth-order valence-electron chi connectivity index (χ4n) is 2.56. The van der Waals surface area contributed by atoms with Crippen LogP contribution in [0.3, 0.4) is 0 Å². The van der Waals surface area contributed by atoms with Crippen molar-refractivity contribution in [2.75, 3.05) is 13.1 Å². The van der Waals surface area contributed by atoms with E-state index in [1.807, 2.05) is 0 Å². The number of carbonyl (C=O) groups is 2. The van der Waals surface area contributed by atoms with E-state index in [-0.39, 0.29) is 5.92 Å². The van der Waals surface area contributed by atoms with Crippen LogP contribution in [0.2, 0.25) is 0 Å².